The summed E-state index contributed by atoms with van der Waals surface area (Å²) in [7, 11) is 0. The topological polar surface area (TPSA) is 69.6 Å². The number of nitrogens with one attached hydrogen (secondary N) is 1. The number of carboxylic acid groups (broad SMARTS) is 1. The second kappa shape index (κ2) is 6.59. The van der Waals surface area contributed by atoms with Crippen molar-refractivity contribution in [3.8, 4) is 0 Å². The Labute approximate surface area is 102 Å². The first-order valence-corrected chi connectivity index (χ1v) is 6.24. The fourth-order valence-electron chi connectivity index (χ4n) is 2.19. The molecule has 5 nitrogen and oxygen atoms in total. The predicted molar refractivity (Wildman–Crippen MR) is 64.7 cm³/mol. The molecule has 2 unspecified atom stereocenters. The van der Waals surface area contributed by atoms with Crippen molar-refractivity contribution >= 4 is 11.9 Å². The molecule has 1 aliphatic heterocycles. The highest BCUT2D eigenvalue weighted by Crippen LogP contribution is 2.10. The van der Waals surface area contributed by atoms with Crippen molar-refractivity contribution in [2.24, 2.45) is 0 Å². The average Bonchev–Trinajstić information content (AvgIpc) is 2.61. The molecule has 2 N–H and O–H groups in total. The maximum Gasteiger partial charge on any atom is 0.303 e. The molecule has 0 aliphatic carbocycles. The summed E-state index contributed by atoms with van der Waals surface area (Å²) < 4.78 is 0. The molecule has 1 amide bonds. The van der Waals surface area contributed by atoms with Gasteiger partial charge in [-0.25, -0.2) is 0 Å². The zero-order valence-electron chi connectivity index (χ0n) is 10.6. The summed E-state index contributed by atoms with van der Waals surface area (Å²) in [6.45, 7) is 5.58. The van der Waals surface area contributed by atoms with Gasteiger partial charge in [-0.2, -0.15) is 0 Å². The maximum atomic E-state index is 11.4. The van der Waals surface area contributed by atoms with E-state index in [9.17, 15) is 9.59 Å². The minimum Gasteiger partial charge on any atom is -0.481 e. The zero-order valence-corrected chi connectivity index (χ0v) is 10.6. The zero-order chi connectivity index (χ0) is 12.8. The molecule has 0 spiro atoms. The van der Waals surface area contributed by atoms with Crippen LogP contribution in [0.5, 0.6) is 0 Å². The normalized spacial score (nSPS) is 19.4. The van der Waals surface area contributed by atoms with E-state index >= 15 is 0 Å². The maximum absolute atomic E-state index is 11.4. The summed E-state index contributed by atoms with van der Waals surface area (Å²) >= 11 is 0. The molecule has 0 aromatic carbocycles. The van der Waals surface area contributed by atoms with E-state index in [1.165, 1.54) is 0 Å². The molecule has 1 aliphatic rings. The van der Waals surface area contributed by atoms with Gasteiger partial charge in [-0.1, -0.05) is 0 Å². The molecular formula is C12H22N2O3. The van der Waals surface area contributed by atoms with Gasteiger partial charge in [0.1, 0.15) is 0 Å². The Kier molecular flexibility index (Phi) is 5.41. The van der Waals surface area contributed by atoms with E-state index in [0.717, 1.165) is 19.5 Å². The Bertz CT molecular complexity index is 281. The smallest absolute Gasteiger partial charge is 0.303 e. The first-order chi connectivity index (χ1) is 7.99. The number of amides is 1. The van der Waals surface area contributed by atoms with Crippen molar-refractivity contribution in [2.45, 2.75) is 51.6 Å². The van der Waals surface area contributed by atoms with Crippen LogP contribution in [0.15, 0.2) is 0 Å². The van der Waals surface area contributed by atoms with Crippen LogP contribution in [0.25, 0.3) is 0 Å². The van der Waals surface area contributed by atoms with E-state index < -0.39 is 5.97 Å². The number of aliphatic carboxylic acids is 1. The summed E-state index contributed by atoms with van der Waals surface area (Å²) in [4.78, 5) is 23.7. The molecule has 98 valence electrons. The standard InChI is InChI=1S/C12H22N2O3/c1-9(5-6-12(16)17)13-10(2)8-14-7-3-4-11(14)15/h9-10,13H,3-8H2,1-2H3,(H,16,17). The van der Waals surface area contributed by atoms with Gasteiger partial charge in [-0.15, -0.1) is 0 Å². The minimum atomic E-state index is -0.763. The number of carboxylic acids is 1. The number of carbonyl (C=O) groups excluding carboxylic acids is 1. The van der Waals surface area contributed by atoms with Gasteiger partial charge in [0.05, 0.1) is 0 Å². The minimum absolute atomic E-state index is 0.166. The molecule has 1 saturated heterocycles. The van der Waals surface area contributed by atoms with E-state index in [-0.39, 0.29) is 24.4 Å². The van der Waals surface area contributed by atoms with Crippen LogP contribution in [-0.4, -0.2) is 47.1 Å². The predicted octanol–water partition coefficient (Wildman–Crippen LogP) is 0.840. The molecule has 0 aromatic rings. The fraction of sp³-hybridized carbons (Fsp3) is 0.833. The van der Waals surface area contributed by atoms with Gasteiger partial charge < -0.3 is 15.3 Å². The Morgan fingerprint density at radius 2 is 2.18 bits per heavy atom. The van der Waals surface area contributed by atoms with E-state index in [1.807, 2.05) is 18.7 Å². The Balaban J connectivity index is 2.21. The fourth-order valence-corrected chi connectivity index (χ4v) is 2.19. The lowest BCUT2D eigenvalue weighted by Crippen LogP contribution is -2.43. The van der Waals surface area contributed by atoms with Crippen molar-refractivity contribution in [3.05, 3.63) is 0 Å². The number of hydrogen-bond acceptors (Lipinski definition) is 3. The van der Waals surface area contributed by atoms with E-state index in [4.69, 9.17) is 5.11 Å². The SMILES string of the molecule is CC(CCC(=O)O)NC(C)CN1CCCC1=O. The molecule has 0 aromatic heterocycles. The molecule has 1 heterocycles. The van der Waals surface area contributed by atoms with Crippen molar-refractivity contribution in [1.29, 1.82) is 0 Å². The summed E-state index contributed by atoms with van der Waals surface area (Å²) in [5, 5.41) is 11.9. The Hall–Kier alpha value is -1.10. The lowest BCUT2D eigenvalue weighted by atomic mass is 10.1. The lowest BCUT2D eigenvalue weighted by Gasteiger charge is -2.24. The van der Waals surface area contributed by atoms with E-state index in [0.29, 0.717) is 12.8 Å². The first-order valence-electron chi connectivity index (χ1n) is 6.24. The summed E-state index contributed by atoms with van der Waals surface area (Å²) in [6.07, 6.45) is 2.43. The van der Waals surface area contributed by atoms with Gasteiger partial charge in [0.15, 0.2) is 0 Å². The molecule has 5 heteroatoms. The van der Waals surface area contributed by atoms with E-state index in [2.05, 4.69) is 5.32 Å². The number of hydrogen-bond donors (Lipinski definition) is 2. The van der Waals surface area contributed by atoms with Crippen LogP contribution < -0.4 is 5.32 Å². The van der Waals surface area contributed by atoms with Crippen LogP contribution in [-0.2, 0) is 9.59 Å². The van der Waals surface area contributed by atoms with Crippen molar-refractivity contribution in [2.75, 3.05) is 13.1 Å². The van der Waals surface area contributed by atoms with Crippen molar-refractivity contribution < 1.29 is 14.7 Å². The quantitative estimate of drug-likeness (QED) is 0.694. The molecule has 0 radical (unpaired) electrons. The number of rotatable bonds is 7. The van der Waals surface area contributed by atoms with Crippen LogP contribution in [0.3, 0.4) is 0 Å². The highest BCUT2D eigenvalue weighted by molar-refractivity contribution is 5.78. The number of likely N-dealkylation sites (tertiary alicyclic amines) is 1. The third-order valence-corrected chi connectivity index (χ3v) is 3.03. The highest BCUT2D eigenvalue weighted by atomic mass is 16.4. The highest BCUT2D eigenvalue weighted by Gasteiger charge is 2.22. The lowest BCUT2D eigenvalue weighted by molar-refractivity contribution is -0.137. The molecular weight excluding hydrogens is 220 g/mol. The van der Waals surface area contributed by atoms with Crippen LogP contribution >= 0.6 is 0 Å². The van der Waals surface area contributed by atoms with Crippen LogP contribution in [0.2, 0.25) is 0 Å². The molecule has 1 rings (SSSR count). The summed E-state index contributed by atoms with van der Waals surface area (Å²) in [5.41, 5.74) is 0. The Morgan fingerprint density at radius 3 is 2.71 bits per heavy atom. The number of carbonyl (C=O) groups is 2. The van der Waals surface area contributed by atoms with Gasteiger partial charge in [0.25, 0.3) is 0 Å². The van der Waals surface area contributed by atoms with Crippen LogP contribution in [0.1, 0.15) is 39.5 Å². The van der Waals surface area contributed by atoms with Crippen molar-refractivity contribution in [1.82, 2.24) is 10.2 Å². The average molecular weight is 242 g/mol. The Morgan fingerprint density at radius 1 is 1.47 bits per heavy atom. The molecule has 1 fully saturated rings. The molecule has 2 atom stereocenters. The van der Waals surface area contributed by atoms with Gasteiger partial charge in [0.2, 0.25) is 5.91 Å². The second-order valence-corrected chi connectivity index (χ2v) is 4.84. The third kappa shape index (κ3) is 5.17. The third-order valence-electron chi connectivity index (χ3n) is 3.03. The number of nitrogens with zero attached hydrogens (tertiary/aromatic N) is 1. The second-order valence-electron chi connectivity index (χ2n) is 4.84. The van der Waals surface area contributed by atoms with Gasteiger partial charge in [0, 0.05) is 38.0 Å². The summed E-state index contributed by atoms with van der Waals surface area (Å²) in [5.74, 6) is -0.530. The molecule has 17 heavy (non-hydrogen) atoms. The van der Waals surface area contributed by atoms with Crippen molar-refractivity contribution in [3.63, 3.8) is 0 Å². The molecule has 0 bridgehead atoms. The van der Waals surface area contributed by atoms with E-state index in [1.54, 1.807) is 0 Å². The van der Waals surface area contributed by atoms with Gasteiger partial charge in [-0.05, 0) is 26.7 Å². The molecule has 0 saturated carbocycles. The van der Waals surface area contributed by atoms with Crippen LogP contribution in [0, 0.1) is 0 Å². The van der Waals surface area contributed by atoms with Gasteiger partial charge >= 0.3 is 5.97 Å². The first kappa shape index (κ1) is 14.0. The largest absolute Gasteiger partial charge is 0.481 e. The monoisotopic (exact) mass is 242 g/mol. The van der Waals surface area contributed by atoms with Gasteiger partial charge in [-0.3, -0.25) is 9.59 Å². The summed E-state index contributed by atoms with van der Waals surface area (Å²) in [6, 6.07) is 0.375. The van der Waals surface area contributed by atoms with Crippen LogP contribution in [0.4, 0.5) is 0 Å².